The Morgan fingerprint density at radius 1 is 1.00 bits per heavy atom. The van der Waals surface area contributed by atoms with Crippen LogP contribution in [0.25, 0.3) is 33.6 Å². The monoisotopic (exact) mass is 443 g/mol. The molecule has 2 N–H and O–H groups in total. The van der Waals surface area contributed by atoms with Crippen LogP contribution < -0.4 is 10.6 Å². The molecule has 2 aromatic carbocycles. The molecule has 0 bridgehead atoms. The summed E-state index contributed by atoms with van der Waals surface area (Å²) in [4.78, 5) is 22.8. The summed E-state index contributed by atoms with van der Waals surface area (Å²) in [7, 11) is 3.73. The Morgan fingerprint density at radius 3 is 2.39 bits per heavy atom. The quantitative estimate of drug-likeness (QED) is 0.393. The maximum Gasteiger partial charge on any atom is 0.238 e. The zero-order chi connectivity index (χ0) is 23.4. The molecule has 7 nitrogen and oxygen atoms in total. The fourth-order valence-corrected chi connectivity index (χ4v) is 3.64. The minimum Gasteiger partial charge on any atom is -0.437 e. The highest BCUT2D eigenvalue weighted by Crippen LogP contribution is 2.42. The molecular formula is C26H29N5O2. The number of furan rings is 1. The number of rotatable bonds is 8. The first-order chi connectivity index (χ1) is 15.9. The van der Waals surface area contributed by atoms with Crippen molar-refractivity contribution in [3.05, 3.63) is 60.9 Å². The van der Waals surface area contributed by atoms with Gasteiger partial charge in [0.15, 0.2) is 0 Å². The molecule has 0 radical (unpaired) electrons. The summed E-state index contributed by atoms with van der Waals surface area (Å²) in [6.45, 7) is 5.43. The Morgan fingerprint density at radius 2 is 1.73 bits per heavy atom. The van der Waals surface area contributed by atoms with Crippen LogP contribution in [0.4, 0.5) is 11.5 Å². The van der Waals surface area contributed by atoms with E-state index in [0.717, 1.165) is 45.9 Å². The first kappa shape index (κ1) is 22.5. The highest BCUT2D eigenvalue weighted by atomic mass is 16.3. The number of carbonyl (C=O) groups is 1. The molecule has 0 aliphatic carbocycles. The molecule has 0 saturated carbocycles. The van der Waals surface area contributed by atoms with Crippen LogP contribution in [0.3, 0.4) is 0 Å². The lowest BCUT2D eigenvalue weighted by Gasteiger charge is -2.11. The van der Waals surface area contributed by atoms with E-state index in [2.05, 4.69) is 46.6 Å². The van der Waals surface area contributed by atoms with Crippen LogP contribution in [0, 0.1) is 5.92 Å². The summed E-state index contributed by atoms with van der Waals surface area (Å²) in [5.74, 6) is 1.89. The van der Waals surface area contributed by atoms with Gasteiger partial charge in [-0.15, -0.1) is 0 Å². The maximum absolute atomic E-state index is 12.1. The van der Waals surface area contributed by atoms with E-state index in [1.54, 1.807) is 0 Å². The van der Waals surface area contributed by atoms with Gasteiger partial charge in [0.1, 0.15) is 17.9 Å². The van der Waals surface area contributed by atoms with Gasteiger partial charge in [-0.1, -0.05) is 44.2 Å². The van der Waals surface area contributed by atoms with Gasteiger partial charge in [0.25, 0.3) is 0 Å². The van der Waals surface area contributed by atoms with Gasteiger partial charge in [-0.3, -0.25) is 4.79 Å². The maximum atomic E-state index is 12.1. The zero-order valence-electron chi connectivity index (χ0n) is 19.4. The van der Waals surface area contributed by atoms with Crippen molar-refractivity contribution in [3.63, 3.8) is 0 Å². The molecule has 7 heteroatoms. The lowest BCUT2D eigenvalue weighted by atomic mass is 9.99. The number of nitrogens with zero attached hydrogens (tertiary/aromatic N) is 3. The first-order valence-corrected chi connectivity index (χ1v) is 11.0. The Hall–Kier alpha value is -3.71. The van der Waals surface area contributed by atoms with E-state index in [4.69, 9.17) is 4.42 Å². The number of fused-ring (bicyclic) bond motifs is 1. The molecule has 4 aromatic rings. The molecule has 0 spiro atoms. The minimum absolute atomic E-state index is 0.0578. The van der Waals surface area contributed by atoms with Crippen molar-refractivity contribution < 1.29 is 9.21 Å². The fraction of sp³-hybridized carbons (Fsp3) is 0.269. The van der Waals surface area contributed by atoms with Gasteiger partial charge in [-0.2, -0.15) is 0 Å². The van der Waals surface area contributed by atoms with Crippen LogP contribution in [0.5, 0.6) is 0 Å². The third-order valence-electron chi connectivity index (χ3n) is 5.12. The van der Waals surface area contributed by atoms with Crippen molar-refractivity contribution in [3.8, 4) is 22.5 Å². The van der Waals surface area contributed by atoms with Crippen LogP contribution >= 0.6 is 0 Å². The van der Waals surface area contributed by atoms with E-state index in [-0.39, 0.29) is 5.91 Å². The molecule has 0 aliphatic heterocycles. The average molecular weight is 444 g/mol. The van der Waals surface area contributed by atoms with Crippen molar-refractivity contribution in [2.75, 3.05) is 37.8 Å². The topological polar surface area (TPSA) is 83.3 Å². The summed E-state index contributed by atoms with van der Waals surface area (Å²) in [6, 6.07) is 17.8. The second-order valence-corrected chi connectivity index (χ2v) is 8.71. The second-order valence-electron chi connectivity index (χ2n) is 8.71. The molecule has 1 amide bonds. The van der Waals surface area contributed by atoms with Crippen LogP contribution in [0.2, 0.25) is 0 Å². The van der Waals surface area contributed by atoms with E-state index in [0.29, 0.717) is 18.2 Å². The largest absolute Gasteiger partial charge is 0.437 e. The second kappa shape index (κ2) is 9.83. The van der Waals surface area contributed by atoms with Crippen LogP contribution in [-0.2, 0) is 4.79 Å². The summed E-state index contributed by atoms with van der Waals surface area (Å²) < 4.78 is 6.28. The minimum atomic E-state index is -0.0578. The molecule has 0 saturated heterocycles. The number of nitrogens with one attached hydrogen (secondary N) is 2. The number of benzene rings is 2. The highest BCUT2D eigenvalue weighted by Gasteiger charge is 2.22. The van der Waals surface area contributed by atoms with Crippen molar-refractivity contribution in [1.82, 2.24) is 14.9 Å². The summed E-state index contributed by atoms with van der Waals surface area (Å²) in [5.41, 5.74) is 4.14. The molecule has 0 unspecified atom stereocenters. The fourth-order valence-electron chi connectivity index (χ4n) is 3.64. The van der Waals surface area contributed by atoms with E-state index < -0.39 is 0 Å². The van der Waals surface area contributed by atoms with Gasteiger partial charge in [0.05, 0.1) is 11.9 Å². The number of carbonyl (C=O) groups excluding carboxylic acids is 1. The van der Waals surface area contributed by atoms with Crippen molar-refractivity contribution >= 4 is 28.5 Å². The standard InChI is InChI=1S/C26H29N5O2/c1-17(2)14-27-25-23-22(18-8-6-5-7-9-18)24(33-26(23)29-16-28-25)19-10-12-20(13-11-19)30-21(32)15-31(3)4/h5-13,16-17H,14-15H2,1-4H3,(H,30,32)(H,27,28,29). The van der Waals surface area contributed by atoms with Gasteiger partial charge >= 0.3 is 0 Å². The molecule has 0 atom stereocenters. The summed E-state index contributed by atoms with van der Waals surface area (Å²) >= 11 is 0. The molecular weight excluding hydrogens is 414 g/mol. The summed E-state index contributed by atoms with van der Waals surface area (Å²) in [5, 5.41) is 7.23. The van der Waals surface area contributed by atoms with Crippen LogP contribution in [0.1, 0.15) is 13.8 Å². The Kier molecular flexibility index (Phi) is 6.70. The van der Waals surface area contributed by atoms with Crippen molar-refractivity contribution in [1.29, 1.82) is 0 Å². The van der Waals surface area contributed by atoms with E-state index in [1.165, 1.54) is 6.33 Å². The molecule has 0 fully saturated rings. The number of likely N-dealkylation sites (N-methyl/N-ethyl adjacent to an activating group) is 1. The normalized spacial score (nSPS) is 11.3. The Bertz CT molecular complexity index is 1230. The van der Waals surface area contributed by atoms with Gasteiger partial charge in [-0.25, -0.2) is 9.97 Å². The average Bonchev–Trinajstić information content (AvgIpc) is 3.18. The number of amides is 1. The van der Waals surface area contributed by atoms with Gasteiger partial charge < -0.3 is 20.0 Å². The van der Waals surface area contributed by atoms with Crippen molar-refractivity contribution in [2.45, 2.75) is 13.8 Å². The highest BCUT2D eigenvalue weighted by molar-refractivity contribution is 6.06. The Balaban J connectivity index is 1.77. The SMILES string of the molecule is CC(C)CNc1ncnc2oc(-c3ccc(NC(=O)CN(C)C)cc3)c(-c3ccccc3)c12. The van der Waals surface area contributed by atoms with Crippen LogP contribution in [-0.4, -0.2) is 48.0 Å². The van der Waals surface area contributed by atoms with E-state index in [9.17, 15) is 4.79 Å². The van der Waals surface area contributed by atoms with Crippen LogP contribution in [0.15, 0.2) is 65.3 Å². The first-order valence-electron chi connectivity index (χ1n) is 11.0. The smallest absolute Gasteiger partial charge is 0.238 e. The number of hydrogen-bond acceptors (Lipinski definition) is 6. The molecule has 4 rings (SSSR count). The molecule has 33 heavy (non-hydrogen) atoms. The van der Waals surface area contributed by atoms with Gasteiger partial charge in [-0.05, 0) is 49.8 Å². The van der Waals surface area contributed by atoms with Gasteiger partial charge in [0.2, 0.25) is 11.6 Å². The molecule has 170 valence electrons. The van der Waals surface area contributed by atoms with E-state index >= 15 is 0 Å². The molecule has 2 heterocycles. The zero-order valence-corrected chi connectivity index (χ0v) is 19.4. The molecule has 2 aromatic heterocycles. The molecule has 0 aliphatic rings. The summed E-state index contributed by atoms with van der Waals surface area (Å²) in [6.07, 6.45) is 1.52. The predicted molar refractivity (Wildman–Crippen MR) is 133 cm³/mol. The third kappa shape index (κ3) is 5.21. The van der Waals surface area contributed by atoms with Crippen molar-refractivity contribution in [2.24, 2.45) is 5.92 Å². The number of aromatic nitrogens is 2. The predicted octanol–water partition coefficient (Wildman–Crippen LogP) is 5.12. The number of anilines is 2. The number of hydrogen-bond donors (Lipinski definition) is 2. The van der Waals surface area contributed by atoms with E-state index in [1.807, 2.05) is 61.5 Å². The Labute approximate surface area is 193 Å². The van der Waals surface area contributed by atoms with Gasteiger partial charge in [0, 0.05) is 23.4 Å². The lowest BCUT2D eigenvalue weighted by molar-refractivity contribution is -0.116. The lowest BCUT2D eigenvalue weighted by Crippen LogP contribution is -2.26. The third-order valence-corrected chi connectivity index (χ3v) is 5.12.